The first-order valence-electron chi connectivity index (χ1n) is 6.48. The highest BCUT2D eigenvalue weighted by molar-refractivity contribution is 5.76. The van der Waals surface area contributed by atoms with Crippen LogP contribution >= 0.6 is 0 Å². The van der Waals surface area contributed by atoms with Crippen molar-refractivity contribution in [3.8, 4) is 0 Å². The monoisotopic (exact) mass is 242 g/mol. The van der Waals surface area contributed by atoms with E-state index in [1.54, 1.807) is 0 Å². The summed E-state index contributed by atoms with van der Waals surface area (Å²) >= 11 is 0. The van der Waals surface area contributed by atoms with Gasteiger partial charge in [0.05, 0.1) is 19.3 Å². The third-order valence-electron chi connectivity index (χ3n) is 3.85. The van der Waals surface area contributed by atoms with Gasteiger partial charge in [-0.25, -0.2) is 0 Å². The summed E-state index contributed by atoms with van der Waals surface area (Å²) in [5, 5.41) is 24.0. The van der Waals surface area contributed by atoms with Crippen molar-refractivity contribution in [2.24, 2.45) is 5.92 Å². The zero-order chi connectivity index (χ0) is 12.3. The molecule has 2 bridgehead atoms. The van der Waals surface area contributed by atoms with Crippen LogP contribution in [0.4, 0.5) is 0 Å². The molecule has 0 aromatic heterocycles. The lowest BCUT2D eigenvalue weighted by molar-refractivity contribution is -0.123. The molecule has 0 radical (unpaired) electrons. The number of carbonyl (C=O) groups is 1. The lowest BCUT2D eigenvalue weighted by Gasteiger charge is -2.29. The number of hydrogen-bond donors (Lipinski definition) is 4. The van der Waals surface area contributed by atoms with Crippen LogP contribution in [0, 0.1) is 5.92 Å². The SMILES string of the molecule is O=C(CC1CC2CCC(C1)N2)NC(CO)CO. The number of aliphatic hydroxyl groups is 2. The fraction of sp³-hybridized carbons (Fsp3) is 0.917. The second kappa shape index (κ2) is 5.80. The summed E-state index contributed by atoms with van der Waals surface area (Å²) in [7, 11) is 0. The fourth-order valence-electron chi connectivity index (χ4n) is 3.04. The maximum Gasteiger partial charge on any atom is 0.220 e. The third-order valence-corrected chi connectivity index (χ3v) is 3.85. The highest BCUT2D eigenvalue weighted by Crippen LogP contribution is 2.32. The second-order valence-corrected chi connectivity index (χ2v) is 5.31. The average Bonchev–Trinajstić information content (AvgIpc) is 2.65. The van der Waals surface area contributed by atoms with Crippen LogP contribution in [0.15, 0.2) is 0 Å². The number of fused-ring (bicyclic) bond motifs is 2. The number of aliphatic hydroxyl groups excluding tert-OH is 2. The molecule has 2 saturated heterocycles. The fourth-order valence-corrected chi connectivity index (χ4v) is 3.04. The van der Waals surface area contributed by atoms with E-state index < -0.39 is 6.04 Å². The largest absolute Gasteiger partial charge is 0.394 e. The van der Waals surface area contributed by atoms with E-state index in [9.17, 15) is 4.79 Å². The lowest BCUT2D eigenvalue weighted by Crippen LogP contribution is -2.43. The van der Waals surface area contributed by atoms with Gasteiger partial charge < -0.3 is 20.8 Å². The molecule has 0 aliphatic carbocycles. The van der Waals surface area contributed by atoms with Gasteiger partial charge in [0.1, 0.15) is 0 Å². The van der Waals surface area contributed by atoms with Crippen molar-refractivity contribution in [2.45, 2.75) is 50.2 Å². The summed E-state index contributed by atoms with van der Waals surface area (Å²) < 4.78 is 0. The Balaban J connectivity index is 1.75. The molecule has 0 saturated carbocycles. The Kier molecular flexibility index (Phi) is 4.36. The summed E-state index contributed by atoms with van der Waals surface area (Å²) in [6.07, 6.45) is 5.14. The van der Waals surface area contributed by atoms with Gasteiger partial charge in [0.25, 0.3) is 0 Å². The molecule has 2 rings (SSSR count). The van der Waals surface area contributed by atoms with Crippen molar-refractivity contribution in [1.29, 1.82) is 0 Å². The van der Waals surface area contributed by atoms with Crippen molar-refractivity contribution in [2.75, 3.05) is 13.2 Å². The molecule has 2 atom stereocenters. The van der Waals surface area contributed by atoms with E-state index in [-0.39, 0.29) is 19.1 Å². The number of amides is 1. The highest BCUT2D eigenvalue weighted by atomic mass is 16.3. The molecule has 2 aliphatic rings. The Morgan fingerprint density at radius 3 is 2.35 bits per heavy atom. The molecular formula is C12H22N2O3. The second-order valence-electron chi connectivity index (χ2n) is 5.31. The van der Waals surface area contributed by atoms with Crippen molar-refractivity contribution < 1.29 is 15.0 Å². The van der Waals surface area contributed by atoms with Crippen molar-refractivity contribution in [3.05, 3.63) is 0 Å². The van der Waals surface area contributed by atoms with Gasteiger partial charge in [-0.2, -0.15) is 0 Å². The normalized spacial score (nSPS) is 31.8. The zero-order valence-corrected chi connectivity index (χ0v) is 10.1. The van der Waals surface area contributed by atoms with E-state index in [0.29, 0.717) is 24.4 Å². The summed E-state index contributed by atoms with van der Waals surface area (Å²) in [6, 6.07) is 0.678. The van der Waals surface area contributed by atoms with Gasteiger partial charge in [0.15, 0.2) is 0 Å². The van der Waals surface area contributed by atoms with Gasteiger partial charge in [0.2, 0.25) is 5.91 Å². The van der Waals surface area contributed by atoms with E-state index >= 15 is 0 Å². The third kappa shape index (κ3) is 3.40. The molecule has 0 aromatic rings. The minimum atomic E-state index is -0.513. The molecule has 2 heterocycles. The van der Waals surface area contributed by atoms with Crippen LogP contribution in [0.1, 0.15) is 32.1 Å². The highest BCUT2D eigenvalue weighted by Gasteiger charge is 2.34. The predicted molar refractivity (Wildman–Crippen MR) is 63.4 cm³/mol. The van der Waals surface area contributed by atoms with Crippen LogP contribution in [-0.4, -0.2) is 47.5 Å². The summed E-state index contributed by atoms with van der Waals surface area (Å²) in [5.41, 5.74) is 0. The van der Waals surface area contributed by atoms with E-state index in [1.165, 1.54) is 12.8 Å². The van der Waals surface area contributed by atoms with Crippen molar-refractivity contribution in [3.63, 3.8) is 0 Å². The first kappa shape index (κ1) is 12.8. The van der Waals surface area contributed by atoms with Crippen LogP contribution in [0.5, 0.6) is 0 Å². The Labute approximate surface area is 102 Å². The molecule has 2 unspecified atom stereocenters. The minimum Gasteiger partial charge on any atom is -0.394 e. The topological polar surface area (TPSA) is 81.6 Å². The number of rotatable bonds is 5. The molecule has 2 aliphatic heterocycles. The van der Waals surface area contributed by atoms with Gasteiger partial charge in [-0.3, -0.25) is 4.79 Å². The van der Waals surface area contributed by atoms with Crippen LogP contribution < -0.4 is 10.6 Å². The molecule has 0 spiro atoms. The van der Waals surface area contributed by atoms with E-state index in [4.69, 9.17) is 10.2 Å². The van der Waals surface area contributed by atoms with Crippen molar-refractivity contribution >= 4 is 5.91 Å². The lowest BCUT2D eigenvalue weighted by atomic mass is 9.89. The standard InChI is InChI=1S/C12H22N2O3/c15-6-11(7-16)14-12(17)5-8-3-9-1-2-10(4-8)13-9/h8-11,13,15-16H,1-7H2,(H,14,17). The van der Waals surface area contributed by atoms with E-state index in [0.717, 1.165) is 12.8 Å². The van der Waals surface area contributed by atoms with Crippen LogP contribution in [0.2, 0.25) is 0 Å². The summed E-state index contributed by atoms with van der Waals surface area (Å²) in [6.45, 7) is -0.417. The quantitative estimate of drug-likeness (QED) is 0.518. The first-order valence-corrected chi connectivity index (χ1v) is 6.48. The molecule has 17 heavy (non-hydrogen) atoms. The molecule has 5 heteroatoms. The minimum absolute atomic E-state index is 0.0515. The van der Waals surface area contributed by atoms with Crippen LogP contribution in [0.3, 0.4) is 0 Å². The van der Waals surface area contributed by atoms with Crippen LogP contribution in [0.25, 0.3) is 0 Å². The maximum atomic E-state index is 11.7. The molecule has 1 amide bonds. The number of piperidine rings is 1. The van der Waals surface area contributed by atoms with Gasteiger partial charge in [-0.1, -0.05) is 0 Å². The summed E-state index contributed by atoms with van der Waals surface area (Å²) in [4.78, 5) is 11.7. The first-order chi connectivity index (χ1) is 8.21. The predicted octanol–water partition coefficient (Wildman–Crippen LogP) is -0.623. The molecule has 4 N–H and O–H groups in total. The molecular weight excluding hydrogens is 220 g/mol. The molecule has 98 valence electrons. The van der Waals surface area contributed by atoms with Crippen molar-refractivity contribution in [1.82, 2.24) is 10.6 Å². The smallest absolute Gasteiger partial charge is 0.220 e. The Morgan fingerprint density at radius 2 is 1.82 bits per heavy atom. The molecule has 5 nitrogen and oxygen atoms in total. The number of nitrogens with one attached hydrogen (secondary N) is 2. The van der Waals surface area contributed by atoms with Gasteiger partial charge >= 0.3 is 0 Å². The van der Waals surface area contributed by atoms with Gasteiger partial charge in [-0.15, -0.1) is 0 Å². The average molecular weight is 242 g/mol. The van der Waals surface area contributed by atoms with Gasteiger partial charge in [0, 0.05) is 18.5 Å². The Morgan fingerprint density at radius 1 is 1.24 bits per heavy atom. The molecule has 0 aromatic carbocycles. The van der Waals surface area contributed by atoms with Crippen LogP contribution in [-0.2, 0) is 4.79 Å². The maximum absolute atomic E-state index is 11.7. The number of carbonyl (C=O) groups excluding carboxylic acids is 1. The Hall–Kier alpha value is -0.650. The summed E-state index contributed by atoms with van der Waals surface area (Å²) in [5.74, 6) is 0.399. The zero-order valence-electron chi connectivity index (χ0n) is 10.1. The van der Waals surface area contributed by atoms with Gasteiger partial charge in [-0.05, 0) is 31.6 Å². The number of hydrogen-bond acceptors (Lipinski definition) is 4. The van der Waals surface area contributed by atoms with E-state index in [2.05, 4.69) is 10.6 Å². The Bertz CT molecular complexity index is 256. The molecule has 2 fully saturated rings. The van der Waals surface area contributed by atoms with E-state index in [1.807, 2.05) is 0 Å².